The maximum atomic E-state index is 5.65. The highest BCUT2D eigenvalue weighted by Crippen LogP contribution is 2.40. The molecule has 3 heterocycles. The van der Waals surface area contributed by atoms with Gasteiger partial charge in [0.1, 0.15) is 0 Å². The maximum absolute atomic E-state index is 5.65. The minimum atomic E-state index is -0.0166. The van der Waals surface area contributed by atoms with Crippen LogP contribution in [-0.4, -0.2) is 50.7 Å². The molecule has 2 aliphatic heterocycles. The molecule has 2 N–H and O–H groups in total. The minimum absolute atomic E-state index is 0. The van der Waals surface area contributed by atoms with Crippen LogP contribution >= 0.6 is 24.0 Å². The quantitative estimate of drug-likeness (QED) is 0.354. The summed E-state index contributed by atoms with van der Waals surface area (Å²) in [6, 6.07) is 10.4. The van der Waals surface area contributed by atoms with Crippen molar-refractivity contribution < 1.29 is 14.2 Å². The molecule has 0 aliphatic carbocycles. The number of nitrogens with one attached hydrogen (secondary N) is 2. The van der Waals surface area contributed by atoms with Crippen LogP contribution in [0.3, 0.4) is 0 Å². The smallest absolute Gasteiger partial charge is 0.231 e. The second-order valence-corrected chi connectivity index (χ2v) is 7.23. The van der Waals surface area contributed by atoms with E-state index in [-0.39, 0.29) is 29.4 Å². The number of rotatable bonds is 6. The van der Waals surface area contributed by atoms with Gasteiger partial charge in [0.2, 0.25) is 6.79 Å². The summed E-state index contributed by atoms with van der Waals surface area (Å²) in [5.41, 5.74) is 1.24. The Hall–Kier alpha value is -1.94. The lowest BCUT2D eigenvalue weighted by Crippen LogP contribution is -2.48. The molecule has 0 radical (unpaired) electrons. The van der Waals surface area contributed by atoms with Crippen molar-refractivity contribution in [1.82, 2.24) is 15.2 Å². The fourth-order valence-corrected chi connectivity index (χ4v) is 3.85. The average molecular weight is 512 g/mol. The van der Waals surface area contributed by atoms with Gasteiger partial charge in [-0.25, -0.2) is 0 Å². The van der Waals surface area contributed by atoms with Crippen LogP contribution in [0.4, 0.5) is 0 Å². The van der Waals surface area contributed by atoms with Crippen molar-refractivity contribution >= 4 is 29.9 Å². The molecule has 8 heteroatoms. The van der Waals surface area contributed by atoms with Gasteiger partial charge in [-0.15, -0.1) is 24.0 Å². The summed E-state index contributed by atoms with van der Waals surface area (Å²) in [5.74, 6) is 2.47. The number of ether oxygens (including phenoxy) is 3. The van der Waals surface area contributed by atoms with Gasteiger partial charge in [0.05, 0.1) is 0 Å². The molecule has 2 aliphatic rings. The summed E-state index contributed by atoms with van der Waals surface area (Å²) in [7, 11) is 1.81. The molecule has 1 aromatic carbocycles. The SMILES string of the molecule is CN=C(NCCn1cccc1)NCC1(c2ccc3c(c2)OCO3)CCOCC1.I. The first-order chi connectivity index (χ1) is 13.8. The van der Waals surface area contributed by atoms with Crippen LogP contribution in [0.25, 0.3) is 0 Å². The Labute approximate surface area is 188 Å². The van der Waals surface area contributed by atoms with E-state index < -0.39 is 0 Å². The van der Waals surface area contributed by atoms with E-state index >= 15 is 0 Å². The van der Waals surface area contributed by atoms with E-state index in [1.165, 1.54) is 5.56 Å². The summed E-state index contributed by atoms with van der Waals surface area (Å²) >= 11 is 0. The van der Waals surface area contributed by atoms with Crippen LogP contribution in [0.15, 0.2) is 47.7 Å². The van der Waals surface area contributed by atoms with Crippen LogP contribution in [0.2, 0.25) is 0 Å². The zero-order valence-electron chi connectivity index (χ0n) is 16.7. The van der Waals surface area contributed by atoms with Gasteiger partial charge in [-0.1, -0.05) is 6.07 Å². The summed E-state index contributed by atoms with van der Waals surface area (Å²) in [6.45, 7) is 4.32. The standard InChI is InChI=1S/C21H28N4O3.HI/c1-22-20(23-8-11-25-9-2-3-10-25)24-15-21(6-12-26-13-7-21)17-4-5-18-19(14-17)28-16-27-18;/h2-5,9-10,14H,6-8,11-13,15-16H2,1H3,(H2,22,23,24);1H. The Bertz CT molecular complexity index is 804. The normalized spacial score (nSPS) is 17.5. The van der Waals surface area contributed by atoms with Gasteiger partial charge in [-0.05, 0) is 42.7 Å². The third kappa shape index (κ3) is 5.16. The van der Waals surface area contributed by atoms with Crippen LogP contribution < -0.4 is 20.1 Å². The Morgan fingerprint density at radius 2 is 1.86 bits per heavy atom. The molecule has 0 saturated carbocycles. The lowest BCUT2D eigenvalue weighted by molar-refractivity contribution is 0.0513. The molecular weight excluding hydrogens is 483 g/mol. The highest BCUT2D eigenvalue weighted by Gasteiger charge is 2.35. The van der Waals surface area contributed by atoms with E-state index in [0.717, 1.165) is 63.1 Å². The van der Waals surface area contributed by atoms with Crippen molar-refractivity contribution in [2.45, 2.75) is 24.8 Å². The van der Waals surface area contributed by atoms with E-state index in [1.807, 2.05) is 25.2 Å². The Morgan fingerprint density at radius 1 is 1.10 bits per heavy atom. The van der Waals surface area contributed by atoms with Gasteiger partial charge < -0.3 is 29.4 Å². The number of guanidine groups is 1. The molecule has 2 aromatic rings. The van der Waals surface area contributed by atoms with Gasteiger partial charge in [0.15, 0.2) is 17.5 Å². The van der Waals surface area contributed by atoms with Crippen molar-refractivity contribution in [3.8, 4) is 11.5 Å². The lowest BCUT2D eigenvalue weighted by Gasteiger charge is -2.38. The number of halogens is 1. The largest absolute Gasteiger partial charge is 0.454 e. The van der Waals surface area contributed by atoms with E-state index in [9.17, 15) is 0 Å². The molecular formula is C21H29IN4O3. The number of nitrogens with zero attached hydrogens (tertiary/aromatic N) is 2. The molecule has 1 saturated heterocycles. The number of hydrogen-bond acceptors (Lipinski definition) is 4. The second kappa shape index (κ2) is 10.2. The highest BCUT2D eigenvalue weighted by molar-refractivity contribution is 14.0. The molecule has 1 fully saturated rings. The zero-order chi connectivity index (χ0) is 19.2. The number of hydrogen-bond donors (Lipinski definition) is 2. The van der Waals surface area contributed by atoms with Crippen LogP contribution in [0, 0.1) is 0 Å². The van der Waals surface area contributed by atoms with E-state index in [2.05, 4.69) is 44.7 Å². The minimum Gasteiger partial charge on any atom is -0.454 e. The zero-order valence-corrected chi connectivity index (χ0v) is 19.1. The number of aliphatic imine (C=N–C) groups is 1. The molecule has 4 rings (SSSR count). The summed E-state index contributed by atoms with van der Waals surface area (Å²) in [5, 5.41) is 6.93. The van der Waals surface area contributed by atoms with Crippen LogP contribution in [0.5, 0.6) is 11.5 Å². The first-order valence-corrected chi connectivity index (χ1v) is 9.82. The van der Waals surface area contributed by atoms with Crippen molar-refractivity contribution in [3.63, 3.8) is 0 Å². The van der Waals surface area contributed by atoms with Gasteiger partial charge in [0, 0.05) is 57.7 Å². The second-order valence-electron chi connectivity index (χ2n) is 7.23. The summed E-state index contributed by atoms with van der Waals surface area (Å²) in [6.07, 6.45) is 6.04. The van der Waals surface area contributed by atoms with Crippen LogP contribution in [-0.2, 0) is 16.7 Å². The molecule has 0 bridgehead atoms. The lowest BCUT2D eigenvalue weighted by atomic mass is 9.74. The summed E-state index contributed by atoms with van der Waals surface area (Å²) < 4.78 is 18.9. The fraction of sp³-hybridized carbons (Fsp3) is 0.476. The van der Waals surface area contributed by atoms with Crippen molar-refractivity contribution in [1.29, 1.82) is 0 Å². The maximum Gasteiger partial charge on any atom is 0.231 e. The fourth-order valence-electron chi connectivity index (χ4n) is 3.85. The van der Waals surface area contributed by atoms with E-state index in [4.69, 9.17) is 14.2 Å². The number of benzene rings is 1. The highest BCUT2D eigenvalue weighted by atomic mass is 127. The molecule has 29 heavy (non-hydrogen) atoms. The molecule has 0 atom stereocenters. The third-order valence-corrected chi connectivity index (χ3v) is 5.58. The van der Waals surface area contributed by atoms with Gasteiger partial charge in [-0.3, -0.25) is 4.99 Å². The van der Waals surface area contributed by atoms with Crippen molar-refractivity contribution in [2.24, 2.45) is 4.99 Å². The molecule has 0 spiro atoms. The molecule has 0 unspecified atom stereocenters. The van der Waals surface area contributed by atoms with Gasteiger partial charge >= 0.3 is 0 Å². The number of aromatic nitrogens is 1. The Morgan fingerprint density at radius 3 is 2.62 bits per heavy atom. The first kappa shape index (κ1) is 21.8. The van der Waals surface area contributed by atoms with Crippen LogP contribution in [0.1, 0.15) is 18.4 Å². The Balaban J connectivity index is 0.00000240. The predicted octanol–water partition coefficient (Wildman–Crippen LogP) is 2.75. The molecule has 1 aromatic heterocycles. The summed E-state index contributed by atoms with van der Waals surface area (Å²) in [4.78, 5) is 4.38. The molecule has 158 valence electrons. The van der Waals surface area contributed by atoms with Crippen molar-refractivity contribution in [3.05, 3.63) is 48.3 Å². The number of fused-ring (bicyclic) bond motifs is 1. The van der Waals surface area contributed by atoms with E-state index in [0.29, 0.717) is 6.79 Å². The first-order valence-electron chi connectivity index (χ1n) is 9.82. The third-order valence-electron chi connectivity index (χ3n) is 5.58. The molecule has 0 amide bonds. The van der Waals surface area contributed by atoms with Gasteiger partial charge in [-0.2, -0.15) is 0 Å². The Kier molecular flexibility index (Phi) is 7.65. The monoisotopic (exact) mass is 512 g/mol. The average Bonchev–Trinajstić information content (AvgIpc) is 3.42. The van der Waals surface area contributed by atoms with E-state index in [1.54, 1.807) is 0 Å². The topological polar surface area (TPSA) is 69.0 Å². The van der Waals surface area contributed by atoms with Gasteiger partial charge in [0.25, 0.3) is 0 Å². The predicted molar refractivity (Wildman–Crippen MR) is 124 cm³/mol. The van der Waals surface area contributed by atoms with Crippen molar-refractivity contribution in [2.75, 3.05) is 40.1 Å². The molecule has 7 nitrogen and oxygen atoms in total.